The maximum atomic E-state index is 12.4. The van der Waals surface area contributed by atoms with Crippen molar-refractivity contribution in [2.24, 2.45) is 5.92 Å². The Morgan fingerprint density at radius 3 is 2.26 bits per heavy atom. The molecule has 2 atom stereocenters. The van der Waals surface area contributed by atoms with Gasteiger partial charge in [-0.1, -0.05) is 49.4 Å². The van der Waals surface area contributed by atoms with Crippen LogP contribution in [-0.4, -0.2) is 19.9 Å². The molecule has 0 amide bonds. The summed E-state index contributed by atoms with van der Waals surface area (Å²) >= 11 is 0. The molecule has 0 saturated heterocycles. The first-order valence-corrected chi connectivity index (χ1v) is 9.44. The van der Waals surface area contributed by atoms with Crippen molar-refractivity contribution >= 4 is 17.5 Å². The molecule has 2 aromatic rings. The van der Waals surface area contributed by atoms with Crippen LogP contribution in [0.1, 0.15) is 54.1 Å². The van der Waals surface area contributed by atoms with Gasteiger partial charge >= 0.3 is 0 Å². The summed E-state index contributed by atoms with van der Waals surface area (Å²) in [6, 6.07) is 18.2. The third kappa shape index (κ3) is 5.82. The minimum Gasteiger partial charge on any atom is -0.378 e. The molecular weight excluding hydrogens is 332 g/mol. The number of anilines is 1. The SMILES string of the molecule is CCC(CC(C)C#N)c1ccc(C(=O)/C=C/c2ccc(N(C)C)cc2)cc1. The van der Waals surface area contributed by atoms with E-state index in [0.29, 0.717) is 11.5 Å². The molecule has 0 aliphatic rings. The minimum absolute atomic E-state index is 0.00308. The van der Waals surface area contributed by atoms with Crippen LogP contribution in [0.5, 0.6) is 0 Å². The molecule has 0 aliphatic heterocycles. The van der Waals surface area contributed by atoms with E-state index < -0.39 is 0 Å². The lowest BCUT2D eigenvalue weighted by Crippen LogP contribution is -2.07. The quantitative estimate of drug-likeness (QED) is 0.448. The first-order chi connectivity index (χ1) is 12.9. The molecule has 0 bridgehead atoms. The van der Waals surface area contributed by atoms with Crippen molar-refractivity contribution in [3.05, 3.63) is 71.3 Å². The molecule has 0 N–H and O–H groups in total. The Morgan fingerprint density at radius 1 is 1.11 bits per heavy atom. The van der Waals surface area contributed by atoms with E-state index in [9.17, 15) is 4.79 Å². The Morgan fingerprint density at radius 2 is 1.74 bits per heavy atom. The number of allylic oxidation sites excluding steroid dienone is 1. The average molecular weight is 361 g/mol. The molecule has 3 nitrogen and oxygen atoms in total. The number of nitrogens with zero attached hydrogens (tertiary/aromatic N) is 2. The smallest absolute Gasteiger partial charge is 0.185 e. The monoisotopic (exact) mass is 360 g/mol. The largest absolute Gasteiger partial charge is 0.378 e. The number of hydrogen-bond donors (Lipinski definition) is 0. The topological polar surface area (TPSA) is 44.1 Å². The third-order valence-electron chi connectivity index (χ3n) is 4.85. The van der Waals surface area contributed by atoms with Crippen LogP contribution in [0.4, 0.5) is 5.69 Å². The van der Waals surface area contributed by atoms with Gasteiger partial charge in [0.05, 0.1) is 6.07 Å². The predicted octanol–water partition coefficient (Wildman–Crippen LogP) is 5.69. The van der Waals surface area contributed by atoms with Crippen molar-refractivity contribution in [3.8, 4) is 6.07 Å². The van der Waals surface area contributed by atoms with E-state index in [-0.39, 0.29) is 11.7 Å². The van der Waals surface area contributed by atoms with E-state index >= 15 is 0 Å². The Hall–Kier alpha value is -2.86. The number of nitriles is 1. The molecule has 0 fully saturated rings. The highest BCUT2D eigenvalue weighted by Gasteiger charge is 2.14. The Labute approximate surface area is 162 Å². The summed E-state index contributed by atoms with van der Waals surface area (Å²) in [5.41, 5.74) is 4.01. The van der Waals surface area contributed by atoms with Gasteiger partial charge in [-0.05, 0) is 55.0 Å². The highest BCUT2D eigenvalue weighted by Crippen LogP contribution is 2.27. The van der Waals surface area contributed by atoms with Crippen LogP contribution in [0.15, 0.2) is 54.6 Å². The van der Waals surface area contributed by atoms with Crippen LogP contribution < -0.4 is 4.90 Å². The second-order valence-corrected chi connectivity index (χ2v) is 7.18. The van der Waals surface area contributed by atoms with E-state index in [4.69, 9.17) is 5.26 Å². The summed E-state index contributed by atoms with van der Waals surface area (Å²) < 4.78 is 0. The zero-order valence-corrected chi connectivity index (χ0v) is 16.6. The number of hydrogen-bond acceptors (Lipinski definition) is 3. The fourth-order valence-corrected chi connectivity index (χ4v) is 3.09. The summed E-state index contributed by atoms with van der Waals surface area (Å²) in [6.45, 7) is 4.09. The van der Waals surface area contributed by atoms with Crippen LogP contribution in [0.2, 0.25) is 0 Å². The summed E-state index contributed by atoms with van der Waals surface area (Å²) in [5, 5.41) is 9.03. The van der Waals surface area contributed by atoms with E-state index in [1.54, 1.807) is 6.08 Å². The van der Waals surface area contributed by atoms with Crippen LogP contribution >= 0.6 is 0 Å². The summed E-state index contributed by atoms with van der Waals surface area (Å²) in [7, 11) is 4.00. The number of rotatable bonds is 8. The molecule has 0 heterocycles. The molecular formula is C24H28N2O. The van der Waals surface area contributed by atoms with Gasteiger partial charge in [-0.3, -0.25) is 4.79 Å². The molecule has 0 spiro atoms. The third-order valence-corrected chi connectivity index (χ3v) is 4.85. The van der Waals surface area contributed by atoms with Gasteiger partial charge in [0, 0.05) is 31.3 Å². The molecule has 27 heavy (non-hydrogen) atoms. The molecule has 3 heteroatoms. The van der Waals surface area contributed by atoms with Crippen molar-refractivity contribution < 1.29 is 4.79 Å². The number of benzene rings is 2. The van der Waals surface area contributed by atoms with Gasteiger partial charge in [-0.25, -0.2) is 0 Å². The van der Waals surface area contributed by atoms with Crippen molar-refractivity contribution in [3.63, 3.8) is 0 Å². The van der Waals surface area contributed by atoms with Gasteiger partial charge in [0.2, 0.25) is 0 Å². The highest BCUT2D eigenvalue weighted by atomic mass is 16.1. The van der Waals surface area contributed by atoms with Crippen molar-refractivity contribution in [1.29, 1.82) is 5.26 Å². The van der Waals surface area contributed by atoms with Crippen molar-refractivity contribution in [2.75, 3.05) is 19.0 Å². The molecule has 2 unspecified atom stereocenters. The average Bonchev–Trinajstić information content (AvgIpc) is 2.70. The standard InChI is InChI=1S/C24H28N2O/c1-5-20(16-18(2)17-25)21-9-11-22(12-10-21)24(27)15-8-19-6-13-23(14-7-19)26(3)4/h6-15,18,20H,5,16H2,1-4H3/b15-8+. The fraction of sp³-hybridized carbons (Fsp3) is 0.333. The van der Waals surface area contributed by atoms with Gasteiger partial charge in [0.25, 0.3) is 0 Å². The van der Waals surface area contributed by atoms with Crippen LogP contribution in [0.25, 0.3) is 6.08 Å². The second kappa shape index (κ2) is 9.73. The zero-order valence-electron chi connectivity index (χ0n) is 16.6. The normalized spacial score (nSPS) is 13.1. The minimum atomic E-state index is -0.00308. The lowest BCUT2D eigenvalue weighted by atomic mass is 9.87. The second-order valence-electron chi connectivity index (χ2n) is 7.18. The van der Waals surface area contributed by atoms with Gasteiger partial charge < -0.3 is 4.90 Å². The van der Waals surface area contributed by atoms with E-state index in [2.05, 4.69) is 13.0 Å². The molecule has 2 rings (SSSR count). The van der Waals surface area contributed by atoms with Crippen LogP contribution in [0, 0.1) is 17.2 Å². The Kier molecular flexibility index (Phi) is 7.37. The number of carbonyl (C=O) groups is 1. The van der Waals surface area contributed by atoms with E-state index in [0.717, 1.165) is 24.1 Å². The predicted molar refractivity (Wildman–Crippen MR) is 113 cm³/mol. The molecule has 2 aromatic carbocycles. The van der Waals surface area contributed by atoms with Gasteiger partial charge in [0.15, 0.2) is 5.78 Å². The van der Waals surface area contributed by atoms with Crippen LogP contribution in [0.3, 0.4) is 0 Å². The summed E-state index contributed by atoms with van der Waals surface area (Å²) in [5.74, 6) is 0.393. The maximum Gasteiger partial charge on any atom is 0.185 e. The lowest BCUT2D eigenvalue weighted by molar-refractivity contribution is 0.104. The Bertz CT molecular complexity index is 811. The van der Waals surface area contributed by atoms with E-state index in [1.807, 2.05) is 80.5 Å². The van der Waals surface area contributed by atoms with Crippen molar-refractivity contribution in [1.82, 2.24) is 0 Å². The first-order valence-electron chi connectivity index (χ1n) is 9.44. The molecule has 0 saturated carbocycles. The molecule has 0 aromatic heterocycles. The van der Waals surface area contributed by atoms with E-state index in [1.165, 1.54) is 5.56 Å². The molecule has 140 valence electrons. The highest BCUT2D eigenvalue weighted by molar-refractivity contribution is 6.06. The fourth-order valence-electron chi connectivity index (χ4n) is 3.09. The summed E-state index contributed by atoms with van der Waals surface area (Å²) in [6.07, 6.45) is 5.30. The Balaban J connectivity index is 2.05. The first kappa shape index (κ1) is 20.5. The van der Waals surface area contributed by atoms with Crippen LogP contribution in [-0.2, 0) is 0 Å². The zero-order chi connectivity index (χ0) is 19.8. The number of carbonyl (C=O) groups excluding carboxylic acids is 1. The van der Waals surface area contributed by atoms with Gasteiger partial charge in [-0.2, -0.15) is 5.26 Å². The van der Waals surface area contributed by atoms with Crippen molar-refractivity contribution in [2.45, 2.75) is 32.6 Å². The maximum absolute atomic E-state index is 12.4. The van der Waals surface area contributed by atoms with Gasteiger partial charge in [-0.15, -0.1) is 0 Å². The lowest BCUT2D eigenvalue weighted by Gasteiger charge is -2.16. The summed E-state index contributed by atoms with van der Waals surface area (Å²) in [4.78, 5) is 14.5. The van der Waals surface area contributed by atoms with Gasteiger partial charge in [0.1, 0.15) is 0 Å². The molecule has 0 radical (unpaired) electrons. The molecule has 0 aliphatic carbocycles. The number of ketones is 1.